The second-order valence-corrected chi connectivity index (χ2v) is 7.08. The van der Waals surface area contributed by atoms with Crippen molar-refractivity contribution in [3.63, 3.8) is 0 Å². The maximum atomic E-state index is 12.3. The lowest BCUT2D eigenvalue weighted by Crippen LogP contribution is -2.35. The smallest absolute Gasteiger partial charge is 0.258 e. The molecule has 1 saturated heterocycles. The SMILES string of the molecule is O=c1cc(CN2CCC[C@H](c3nnc4ccccn34)C2)nc2ccccn12. The number of aromatic nitrogens is 5. The van der Waals surface area contributed by atoms with Gasteiger partial charge >= 0.3 is 0 Å². The summed E-state index contributed by atoms with van der Waals surface area (Å²) in [7, 11) is 0. The second kappa shape index (κ2) is 6.59. The Morgan fingerprint density at radius 2 is 1.81 bits per heavy atom. The molecular formula is C20H20N6O. The zero-order chi connectivity index (χ0) is 18.2. The first-order valence-electron chi connectivity index (χ1n) is 9.27. The van der Waals surface area contributed by atoms with E-state index >= 15 is 0 Å². The number of hydrogen-bond acceptors (Lipinski definition) is 5. The molecule has 0 radical (unpaired) electrons. The van der Waals surface area contributed by atoms with Crippen LogP contribution >= 0.6 is 0 Å². The summed E-state index contributed by atoms with van der Waals surface area (Å²) >= 11 is 0. The van der Waals surface area contributed by atoms with E-state index in [-0.39, 0.29) is 5.56 Å². The molecule has 0 unspecified atom stereocenters. The van der Waals surface area contributed by atoms with E-state index in [2.05, 4.69) is 24.5 Å². The standard InChI is InChI=1S/C20H20N6O/c27-19-12-16(21-17-7-1-3-10-25(17)19)14-24-9-5-6-15(13-24)20-23-22-18-8-2-4-11-26(18)20/h1-4,7-8,10-12,15H,5-6,9,13-14H2/t15-/m0/s1. The third-order valence-electron chi connectivity index (χ3n) is 5.22. The van der Waals surface area contributed by atoms with Crippen LogP contribution in [0.25, 0.3) is 11.3 Å². The zero-order valence-corrected chi connectivity index (χ0v) is 14.9. The summed E-state index contributed by atoms with van der Waals surface area (Å²) in [5.74, 6) is 1.35. The first-order chi connectivity index (χ1) is 13.3. The molecule has 4 aromatic rings. The molecule has 0 spiro atoms. The fourth-order valence-electron chi connectivity index (χ4n) is 3.96. The molecule has 0 aromatic carbocycles. The van der Waals surface area contributed by atoms with Crippen LogP contribution in [-0.2, 0) is 6.54 Å². The van der Waals surface area contributed by atoms with Crippen LogP contribution in [0.15, 0.2) is 59.7 Å². The highest BCUT2D eigenvalue weighted by Crippen LogP contribution is 2.26. The number of fused-ring (bicyclic) bond motifs is 2. The molecule has 1 fully saturated rings. The minimum Gasteiger partial charge on any atom is -0.297 e. The summed E-state index contributed by atoms with van der Waals surface area (Å²) in [5.41, 5.74) is 2.36. The Balaban J connectivity index is 1.39. The lowest BCUT2D eigenvalue weighted by atomic mass is 9.97. The summed E-state index contributed by atoms with van der Waals surface area (Å²) in [6, 6.07) is 13.2. The predicted octanol–water partition coefficient (Wildman–Crippen LogP) is 2.12. The van der Waals surface area contributed by atoms with Crippen LogP contribution in [0.4, 0.5) is 0 Å². The Hall–Kier alpha value is -3.06. The van der Waals surface area contributed by atoms with E-state index in [1.807, 2.05) is 42.6 Å². The van der Waals surface area contributed by atoms with Gasteiger partial charge in [-0.1, -0.05) is 12.1 Å². The fourth-order valence-corrected chi connectivity index (χ4v) is 3.96. The minimum absolute atomic E-state index is 0.0346. The lowest BCUT2D eigenvalue weighted by Gasteiger charge is -2.31. The Morgan fingerprint density at radius 1 is 1.00 bits per heavy atom. The molecule has 0 N–H and O–H groups in total. The molecule has 0 bridgehead atoms. The van der Waals surface area contributed by atoms with Crippen LogP contribution in [0.5, 0.6) is 0 Å². The molecule has 4 aromatic heterocycles. The van der Waals surface area contributed by atoms with Gasteiger partial charge in [0, 0.05) is 37.5 Å². The third-order valence-corrected chi connectivity index (χ3v) is 5.22. The van der Waals surface area contributed by atoms with E-state index < -0.39 is 0 Å². The van der Waals surface area contributed by atoms with Gasteiger partial charge in [0.15, 0.2) is 5.65 Å². The minimum atomic E-state index is -0.0346. The van der Waals surface area contributed by atoms with Gasteiger partial charge in [0.1, 0.15) is 11.5 Å². The molecule has 0 amide bonds. The van der Waals surface area contributed by atoms with Crippen LogP contribution in [-0.4, -0.2) is 42.0 Å². The lowest BCUT2D eigenvalue weighted by molar-refractivity contribution is 0.194. The van der Waals surface area contributed by atoms with Crippen molar-refractivity contribution in [3.8, 4) is 0 Å². The second-order valence-electron chi connectivity index (χ2n) is 7.08. The van der Waals surface area contributed by atoms with Crippen molar-refractivity contribution in [2.45, 2.75) is 25.3 Å². The highest BCUT2D eigenvalue weighted by molar-refractivity contribution is 5.38. The molecule has 7 nitrogen and oxygen atoms in total. The topological polar surface area (TPSA) is 67.8 Å². The van der Waals surface area contributed by atoms with Crippen molar-refractivity contribution in [1.82, 2.24) is 28.9 Å². The first kappa shape index (κ1) is 16.1. The molecule has 1 aliphatic heterocycles. The van der Waals surface area contributed by atoms with Gasteiger partial charge in [0.2, 0.25) is 0 Å². The van der Waals surface area contributed by atoms with Crippen LogP contribution < -0.4 is 5.56 Å². The fraction of sp³-hybridized carbons (Fsp3) is 0.300. The number of rotatable bonds is 3. The molecular weight excluding hydrogens is 340 g/mol. The molecule has 1 atom stereocenters. The van der Waals surface area contributed by atoms with E-state index in [1.165, 1.54) is 0 Å². The number of likely N-dealkylation sites (tertiary alicyclic amines) is 1. The number of pyridine rings is 2. The van der Waals surface area contributed by atoms with Gasteiger partial charge < -0.3 is 0 Å². The number of hydrogen-bond donors (Lipinski definition) is 0. The van der Waals surface area contributed by atoms with E-state index in [0.29, 0.717) is 18.1 Å². The van der Waals surface area contributed by atoms with Gasteiger partial charge in [-0.15, -0.1) is 10.2 Å². The van der Waals surface area contributed by atoms with Crippen LogP contribution in [0.3, 0.4) is 0 Å². The maximum Gasteiger partial charge on any atom is 0.258 e. The van der Waals surface area contributed by atoms with Crippen molar-refractivity contribution < 1.29 is 0 Å². The van der Waals surface area contributed by atoms with E-state index in [0.717, 1.165) is 43.1 Å². The van der Waals surface area contributed by atoms with Crippen molar-refractivity contribution in [3.05, 3.63) is 76.7 Å². The summed E-state index contributed by atoms with van der Waals surface area (Å²) < 4.78 is 3.65. The van der Waals surface area contributed by atoms with Crippen molar-refractivity contribution in [1.29, 1.82) is 0 Å². The molecule has 1 aliphatic rings. The average molecular weight is 360 g/mol. The Labute approximate surface area is 155 Å². The molecule has 0 aliphatic carbocycles. The summed E-state index contributed by atoms with van der Waals surface area (Å²) in [6.07, 6.45) is 5.97. The summed E-state index contributed by atoms with van der Waals surface area (Å²) in [4.78, 5) is 19.3. The van der Waals surface area contributed by atoms with E-state index in [4.69, 9.17) is 0 Å². The van der Waals surface area contributed by atoms with Crippen LogP contribution in [0.2, 0.25) is 0 Å². The largest absolute Gasteiger partial charge is 0.297 e. The zero-order valence-electron chi connectivity index (χ0n) is 14.9. The van der Waals surface area contributed by atoms with Crippen LogP contribution in [0, 0.1) is 0 Å². The Bertz CT molecular complexity index is 1160. The Morgan fingerprint density at radius 3 is 2.70 bits per heavy atom. The molecule has 136 valence electrons. The average Bonchev–Trinajstić information content (AvgIpc) is 3.12. The molecule has 0 saturated carbocycles. The van der Waals surface area contributed by atoms with Gasteiger partial charge in [-0.2, -0.15) is 0 Å². The molecule has 7 heteroatoms. The van der Waals surface area contributed by atoms with E-state index in [1.54, 1.807) is 16.7 Å². The highest BCUT2D eigenvalue weighted by atomic mass is 16.1. The monoisotopic (exact) mass is 360 g/mol. The van der Waals surface area contributed by atoms with E-state index in [9.17, 15) is 4.79 Å². The van der Waals surface area contributed by atoms with Crippen LogP contribution in [0.1, 0.15) is 30.3 Å². The predicted molar refractivity (Wildman–Crippen MR) is 102 cm³/mol. The van der Waals surface area contributed by atoms with Gasteiger partial charge in [0.25, 0.3) is 5.56 Å². The molecule has 27 heavy (non-hydrogen) atoms. The number of piperidine rings is 1. The van der Waals surface area contributed by atoms with Crippen molar-refractivity contribution in [2.75, 3.05) is 13.1 Å². The molecule has 5 heterocycles. The summed E-state index contributed by atoms with van der Waals surface area (Å²) in [5, 5.41) is 8.72. The Kier molecular flexibility index (Phi) is 3.94. The van der Waals surface area contributed by atoms with Gasteiger partial charge in [0.05, 0.1) is 5.69 Å². The summed E-state index contributed by atoms with van der Waals surface area (Å²) in [6.45, 7) is 2.57. The quantitative estimate of drug-likeness (QED) is 0.560. The highest BCUT2D eigenvalue weighted by Gasteiger charge is 2.25. The van der Waals surface area contributed by atoms with Gasteiger partial charge in [-0.05, 0) is 43.7 Å². The first-order valence-corrected chi connectivity index (χ1v) is 9.27. The third kappa shape index (κ3) is 3.00. The normalized spacial score (nSPS) is 18.3. The maximum absolute atomic E-state index is 12.3. The number of nitrogens with zero attached hydrogens (tertiary/aromatic N) is 6. The van der Waals surface area contributed by atoms with Gasteiger partial charge in [-0.3, -0.25) is 18.5 Å². The van der Waals surface area contributed by atoms with Crippen molar-refractivity contribution >= 4 is 11.3 Å². The molecule has 5 rings (SSSR count). The van der Waals surface area contributed by atoms with Crippen molar-refractivity contribution in [2.24, 2.45) is 0 Å². The van der Waals surface area contributed by atoms with Gasteiger partial charge in [-0.25, -0.2) is 4.98 Å².